The summed E-state index contributed by atoms with van der Waals surface area (Å²) in [5, 5.41) is 6.00. The lowest BCUT2D eigenvalue weighted by molar-refractivity contribution is 0.102. The number of rotatable bonds is 7. The molecule has 0 saturated heterocycles. The molecule has 0 spiro atoms. The number of hydrogen-bond acceptors (Lipinski definition) is 5. The molecule has 1 aromatic carbocycles. The Bertz CT molecular complexity index is 826. The molecular formula is C20H21N3O3. The number of furan rings is 1. The SMILES string of the molecule is CC(C)Oc1ccc(NC(=O)c2ccc(NCc3ccco3)cn2)cc1. The number of benzene rings is 1. The number of aromatic nitrogens is 1. The van der Waals surface area contributed by atoms with Gasteiger partial charge in [0.05, 0.1) is 30.8 Å². The van der Waals surface area contributed by atoms with E-state index in [4.69, 9.17) is 9.15 Å². The lowest BCUT2D eigenvalue weighted by Crippen LogP contribution is -2.13. The number of anilines is 2. The molecule has 6 nitrogen and oxygen atoms in total. The molecule has 6 heteroatoms. The van der Waals surface area contributed by atoms with Crippen LogP contribution in [0.4, 0.5) is 11.4 Å². The largest absolute Gasteiger partial charge is 0.491 e. The van der Waals surface area contributed by atoms with Crippen molar-refractivity contribution >= 4 is 17.3 Å². The number of amides is 1. The quantitative estimate of drug-likeness (QED) is 0.663. The van der Waals surface area contributed by atoms with Gasteiger partial charge < -0.3 is 19.8 Å². The number of carbonyl (C=O) groups excluding carboxylic acids is 1. The first-order chi connectivity index (χ1) is 12.6. The molecule has 0 aliphatic heterocycles. The maximum Gasteiger partial charge on any atom is 0.274 e. The van der Waals surface area contributed by atoms with E-state index in [2.05, 4.69) is 15.6 Å². The average molecular weight is 351 g/mol. The van der Waals surface area contributed by atoms with Gasteiger partial charge in [-0.3, -0.25) is 4.79 Å². The minimum Gasteiger partial charge on any atom is -0.491 e. The summed E-state index contributed by atoms with van der Waals surface area (Å²) in [5.41, 5.74) is 1.84. The van der Waals surface area contributed by atoms with E-state index in [-0.39, 0.29) is 12.0 Å². The fourth-order valence-corrected chi connectivity index (χ4v) is 2.32. The maximum atomic E-state index is 12.3. The van der Waals surface area contributed by atoms with Crippen LogP contribution in [-0.4, -0.2) is 17.0 Å². The summed E-state index contributed by atoms with van der Waals surface area (Å²) in [6, 6.07) is 14.5. The van der Waals surface area contributed by atoms with Crippen LogP contribution in [0, 0.1) is 0 Å². The normalized spacial score (nSPS) is 10.6. The number of nitrogens with one attached hydrogen (secondary N) is 2. The standard InChI is InChI=1S/C20H21N3O3/c1-14(2)26-17-8-5-15(6-9-17)23-20(24)19-10-7-16(12-22-19)21-13-18-4-3-11-25-18/h3-12,14,21H,13H2,1-2H3,(H,23,24). The van der Waals surface area contributed by atoms with E-state index in [0.29, 0.717) is 17.9 Å². The molecule has 0 aliphatic rings. The second-order valence-corrected chi connectivity index (χ2v) is 6.01. The molecule has 3 aromatic rings. The highest BCUT2D eigenvalue weighted by atomic mass is 16.5. The van der Waals surface area contributed by atoms with Crippen LogP contribution in [0.2, 0.25) is 0 Å². The Kier molecular flexibility index (Phi) is 5.53. The maximum absolute atomic E-state index is 12.3. The van der Waals surface area contributed by atoms with E-state index in [9.17, 15) is 4.79 Å². The van der Waals surface area contributed by atoms with Crippen molar-refractivity contribution in [1.29, 1.82) is 0 Å². The molecule has 2 N–H and O–H groups in total. The van der Waals surface area contributed by atoms with Crippen LogP contribution in [-0.2, 0) is 6.54 Å². The summed E-state index contributed by atoms with van der Waals surface area (Å²) >= 11 is 0. The molecule has 0 aliphatic carbocycles. The number of nitrogens with zero attached hydrogens (tertiary/aromatic N) is 1. The highest BCUT2D eigenvalue weighted by molar-refractivity contribution is 6.02. The van der Waals surface area contributed by atoms with Crippen molar-refractivity contribution in [2.75, 3.05) is 10.6 Å². The zero-order valence-electron chi connectivity index (χ0n) is 14.7. The lowest BCUT2D eigenvalue weighted by atomic mass is 10.2. The smallest absolute Gasteiger partial charge is 0.274 e. The van der Waals surface area contributed by atoms with Gasteiger partial charge in [-0.25, -0.2) is 4.98 Å². The fraction of sp³-hybridized carbons (Fsp3) is 0.200. The van der Waals surface area contributed by atoms with Gasteiger partial charge in [-0.05, 0) is 62.4 Å². The van der Waals surface area contributed by atoms with Gasteiger partial charge in [0.2, 0.25) is 0 Å². The molecule has 2 heterocycles. The third-order valence-corrected chi connectivity index (χ3v) is 3.53. The van der Waals surface area contributed by atoms with Crippen LogP contribution >= 0.6 is 0 Å². The van der Waals surface area contributed by atoms with Crippen molar-refractivity contribution in [3.05, 3.63) is 72.4 Å². The first kappa shape index (κ1) is 17.5. The zero-order valence-corrected chi connectivity index (χ0v) is 14.7. The number of pyridine rings is 1. The highest BCUT2D eigenvalue weighted by Crippen LogP contribution is 2.17. The van der Waals surface area contributed by atoms with Crippen LogP contribution < -0.4 is 15.4 Å². The van der Waals surface area contributed by atoms with Crippen molar-refractivity contribution < 1.29 is 13.9 Å². The van der Waals surface area contributed by atoms with Gasteiger partial charge in [0.15, 0.2) is 0 Å². The molecule has 3 rings (SSSR count). The summed E-state index contributed by atoms with van der Waals surface area (Å²) in [7, 11) is 0. The Morgan fingerprint density at radius 2 is 1.88 bits per heavy atom. The Hall–Kier alpha value is -3.28. The molecule has 0 bridgehead atoms. The summed E-state index contributed by atoms with van der Waals surface area (Å²) in [5.74, 6) is 1.33. The summed E-state index contributed by atoms with van der Waals surface area (Å²) in [6.45, 7) is 4.49. The van der Waals surface area contributed by atoms with Gasteiger partial charge in [0.25, 0.3) is 5.91 Å². The van der Waals surface area contributed by atoms with Gasteiger partial charge in [0.1, 0.15) is 17.2 Å². The van der Waals surface area contributed by atoms with Crippen molar-refractivity contribution in [3.8, 4) is 5.75 Å². The summed E-state index contributed by atoms with van der Waals surface area (Å²) in [6.07, 6.45) is 3.36. The fourth-order valence-electron chi connectivity index (χ4n) is 2.32. The molecule has 26 heavy (non-hydrogen) atoms. The van der Waals surface area contributed by atoms with E-state index in [1.165, 1.54) is 0 Å². The number of ether oxygens (including phenoxy) is 1. The average Bonchev–Trinajstić information content (AvgIpc) is 3.15. The number of carbonyl (C=O) groups is 1. The first-order valence-electron chi connectivity index (χ1n) is 8.40. The Morgan fingerprint density at radius 1 is 1.12 bits per heavy atom. The van der Waals surface area contributed by atoms with Crippen molar-refractivity contribution in [3.63, 3.8) is 0 Å². The molecular weight excluding hydrogens is 330 g/mol. The Balaban J connectivity index is 1.55. The van der Waals surface area contributed by atoms with Gasteiger partial charge in [-0.2, -0.15) is 0 Å². The van der Waals surface area contributed by atoms with Gasteiger partial charge in [-0.1, -0.05) is 0 Å². The van der Waals surface area contributed by atoms with Gasteiger partial charge in [0, 0.05) is 5.69 Å². The summed E-state index contributed by atoms with van der Waals surface area (Å²) < 4.78 is 10.8. The molecule has 0 fully saturated rings. The predicted octanol–water partition coefficient (Wildman–Crippen LogP) is 4.33. The predicted molar refractivity (Wildman–Crippen MR) is 100 cm³/mol. The van der Waals surface area contributed by atoms with Gasteiger partial charge in [-0.15, -0.1) is 0 Å². The summed E-state index contributed by atoms with van der Waals surface area (Å²) in [4.78, 5) is 16.5. The van der Waals surface area contributed by atoms with E-state index in [1.807, 2.05) is 44.2 Å². The van der Waals surface area contributed by atoms with Crippen molar-refractivity contribution in [2.24, 2.45) is 0 Å². The highest BCUT2D eigenvalue weighted by Gasteiger charge is 2.08. The minimum atomic E-state index is -0.264. The van der Waals surface area contributed by atoms with Crippen LogP contribution in [0.3, 0.4) is 0 Å². The van der Waals surface area contributed by atoms with Crippen LogP contribution in [0.5, 0.6) is 5.75 Å². The molecule has 0 radical (unpaired) electrons. The Morgan fingerprint density at radius 3 is 2.50 bits per heavy atom. The lowest BCUT2D eigenvalue weighted by Gasteiger charge is -2.10. The van der Waals surface area contributed by atoms with E-state index < -0.39 is 0 Å². The molecule has 2 aromatic heterocycles. The van der Waals surface area contributed by atoms with Crippen molar-refractivity contribution in [1.82, 2.24) is 4.98 Å². The monoisotopic (exact) mass is 351 g/mol. The van der Waals surface area contributed by atoms with Crippen LogP contribution in [0.1, 0.15) is 30.1 Å². The first-order valence-corrected chi connectivity index (χ1v) is 8.40. The minimum absolute atomic E-state index is 0.111. The van der Waals surface area contributed by atoms with Gasteiger partial charge >= 0.3 is 0 Å². The van der Waals surface area contributed by atoms with E-state index in [0.717, 1.165) is 17.2 Å². The second kappa shape index (κ2) is 8.20. The molecule has 0 atom stereocenters. The Labute approximate surface area is 152 Å². The van der Waals surface area contributed by atoms with Crippen LogP contribution in [0.25, 0.3) is 0 Å². The number of hydrogen-bond donors (Lipinski definition) is 2. The molecule has 134 valence electrons. The van der Waals surface area contributed by atoms with Crippen LogP contribution in [0.15, 0.2) is 65.4 Å². The van der Waals surface area contributed by atoms with E-state index >= 15 is 0 Å². The third kappa shape index (κ3) is 4.86. The topological polar surface area (TPSA) is 76.4 Å². The van der Waals surface area contributed by atoms with E-state index in [1.54, 1.807) is 30.7 Å². The zero-order chi connectivity index (χ0) is 18.4. The second-order valence-electron chi connectivity index (χ2n) is 6.01. The molecule has 1 amide bonds. The molecule has 0 unspecified atom stereocenters. The third-order valence-electron chi connectivity index (χ3n) is 3.53. The molecule has 0 saturated carbocycles. The van der Waals surface area contributed by atoms with Crippen molar-refractivity contribution in [2.45, 2.75) is 26.5 Å².